The fourth-order valence-electron chi connectivity index (χ4n) is 3.30. The van der Waals surface area contributed by atoms with Crippen molar-refractivity contribution in [1.29, 1.82) is 0 Å². The van der Waals surface area contributed by atoms with Crippen LogP contribution in [0.1, 0.15) is 29.6 Å². The van der Waals surface area contributed by atoms with E-state index < -0.39 is 10.0 Å². The third-order valence-corrected chi connectivity index (χ3v) is 6.69. The van der Waals surface area contributed by atoms with Crippen molar-refractivity contribution in [2.45, 2.75) is 30.6 Å². The van der Waals surface area contributed by atoms with Crippen LogP contribution in [0.5, 0.6) is 5.75 Å². The molecule has 1 aromatic carbocycles. The van der Waals surface area contributed by atoms with Crippen LogP contribution >= 0.6 is 0 Å². The monoisotopic (exact) mass is 414 g/mol. The van der Waals surface area contributed by atoms with E-state index in [1.165, 1.54) is 10.5 Å². The molecule has 4 rings (SSSR count). The number of aromatic nitrogens is 3. The molecule has 0 radical (unpaired) electrons. The maximum Gasteiger partial charge on any atom is 0.244 e. The lowest BCUT2D eigenvalue weighted by Crippen LogP contribution is -2.28. The lowest BCUT2D eigenvalue weighted by atomic mass is 10.1. The molecule has 29 heavy (non-hydrogen) atoms. The molecule has 1 unspecified atom stereocenters. The Morgan fingerprint density at radius 1 is 1.28 bits per heavy atom. The van der Waals surface area contributed by atoms with Crippen LogP contribution in [0, 0.1) is 6.92 Å². The van der Waals surface area contributed by atoms with Crippen molar-refractivity contribution in [2.75, 3.05) is 19.7 Å². The number of sulfonamides is 1. The number of nitrogens with zero attached hydrogens (tertiary/aromatic N) is 4. The fraction of sp³-hybridized carbons (Fsp3) is 0.350. The van der Waals surface area contributed by atoms with Gasteiger partial charge >= 0.3 is 0 Å². The Kier molecular flexibility index (Phi) is 5.59. The SMILES string of the molecule is Cc1cccc(OCCc2noc(C3CCN(S(=O)(=O)c4cccnc4)C3)n2)c1. The Balaban J connectivity index is 1.34. The second-order valence-electron chi connectivity index (χ2n) is 7.00. The summed E-state index contributed by atoms with van der Waals surface area (Å²) in [4.78, 5) is 8.53. The van der Waals surface area contributed by atoms with E-state index in [0.717, 1.165) is 11.3 Å². The summed E-state index contributed by atoms with van der Waals surface area (Å²) in [7, 11) is -3.56. The molecule has 3 heterocycles. The van der Waals surface area contributed by atoms with Crippen LogP contribution in [0.25, 0.3) is 0 Å². The quantitative estimate of drug-likeness (QED) is 0.586. The summed E-state index contributed by atoms with van der Waals surface area (Å²) < 4.78 is 38.0. The van der Waals surface area contributed by atoms with Gasteiger partial charge in [-0.05, 0) is 43.2 Å². The van der Waals surface area contributed by atoms with Crippen LogP contribution in [-0.4, -0.2) is 47.5 Å². The van der Waals surface area contributed by atoms with Crippen molar-refractivity contribution >= 4 is 10.0 Å². The van der Waals surface area contributed by atoms with Gasteiger partial charge in [0, 0.05) is 31.9 Å². The van der Waals surface area contributed by atoms with Gasteiger partial charge in [-0.3, -0.25) is 4.98 Å². The highest BCUT2D eigenvalue weighted by Crippen LogP contribution is 2.30. The van der Waals surface area contributed by atoms with Crippen molar-refractivity contribution in [2.24, 2.45) is 0 Å². The summed E-state index contributed by atoms with van der Waals surface area (Å²) in [6.07, 6.45) is 4.07. The fourth-order valence-corrected chi connectivity index (χ4v) is 4.76. The summed E-state index contributed by atoms with van der Waals surface area (Å²) in [6.45, 7) is 3.18. The molecule has 152 valence electrons. The summed E-state index contributed by atoms with van der Waals surface area (Å²) in [6, 6.07) is 11.0. The van der Waals surface area contributed by atoms with Gasteiger partial charge in [0.05, 0.1) is 12.5 Å². The van der Waals surface area contributed by atoms with E-state index in [2.05, 4.69) is 15.1 Å². The summed E-state index contributed by atoms with van der Waals surface area (Å²) in [5.41, 5.74) is 1.14. The second kappa shape index (κ2) is 8.30. The van der Waals surface area contributed by atoms with E-state index in [9.17, 15) is 8.42 Å². The van der Waals surface area contributed by atoms with Crippen LogP contribution < -0.4 is 4.74 Å². The molecule has 0 aliphatic carbocycles. The first-order valence-electron chi connectivity index (χ1n) is 9.44. The average molecular weight is 414 g/mol. The number of pyridine rings is 1. The van der Waals surface area contributed by atoms with E-state index in [0.29, 0.717) is 44.3 Å². The normalized spacial score (nSPS) is 17.5. The van der Waals surface area contributed by atoms with Crippen LogP contribution in [-0.2, 0) is 16.4 Å². The molecule has 0 N–H and O–H groups in total. The molecule has 1 saturated heterocycles. The number of hydrogen-bond acceptors (Lipinski definition) is 7. The molecule has 9 heteroatoms. The molecule has 3 aromatic rings. The first-order chi connectivity index (χ1) is 14.0. The van der Waals surface area contributed by atoms with E-state index in [1.54, 1.807) is 18.3 Å². The van der Waals surface area contributed by atoms with E-state index in [-0.39, 0.29) is 10.8 Å². The number of ether oxygens (including phenoxy) is 1. The molecule has 0 bridgehead atoms. The minimum absolute atomic E-state index is 0.111. The Morgan fingerprint density at radius 3 is 2.97 bits per heavy atom. The summed E-state index contributed by atoms with van der Waals surface area (Å²) >= 11 is 0. The number of hydrogen-bond donors (Lipinski definition) is 0. The summed E-state index contributed by atoms with van der Waals surface area (Å²) in [5, 5.41) is 4.01. The predicted octanol–water partition coefficient (Wildman–Crippen LogP) is 2.57. The molecule has 1 fully saturated rings. The van der Waals surface area contributed by atoms with Crippen molar-refractivity contribution in [3.8, 4) is 5.75 Å². The minimum atomic E-state index is -3.56. The maximum absolute atomic E-state index is 12.7. The number of benzene rings is 1. The minimum Gasteiger partial charge on any atom is -0.493 e. The van der Waals surface area contributed by atoms with Gasteiger partial charge in [-0.15, -0.1) is 0 Å². The zero-order chi connectivity index (χ0) is 20.3. The number of rotatable bonds is 7. The second-order valence-corrected chi connectivity index (χ2v) is 8.94. The standard InChI is InChI=1S/C20H22N4O4S/c1-15-4-2-5-17(12-15)27-11-8-19-22-20(28-23-19)16-7-10-24(14-16)29(25,26)18-6-3-9-21-13-18/h2-6,9,12-13,16H,7-8,10-11,14H2,1H3. The number of aryl methyl sites for hydroxylation is 1. The molecule has 0 saturated carbocycles. The molecule has 1 atom stereocenters. The average Bonchev–Trinajstić information content (AvgIpc) is 3.39. The van der Waals surface area contributed by atoms with Gasteiger partial charge in [-0.1, -0.05) is 17.3 Å². The van der Waals surface area contributed by atoms with Crippen LogP contribution in [0.2, 0.25) is 0 Å². The highest BCUT2D eigenvalue weighted by atomic mass is 32.2. The van der Waals surface area contributed by atoms with Crippen molar-refractivity contribution in [3.05, 3.63) is 66.1 Å². The molecule has 0 spiro atoms. The molecule has 2 aromatic heterocycles. The molecule has 1 aliphatic rings. The van der Waals surface area contributed by atoms with Crippen molar-refractivity contribution in [3.63, 3.8) is 0 Å². The first kappa shape index (κ1) is 19.5. The Bertz CT molecular complexity index is 1070. The van der Waals surface area contributed by atoms with Crippen molar-refractivity contribution < 1.29 is 17.7 Å². The van der Waals surface area contributed by atoms with E-state index >= 15 is 0 Å². The zero-order valence-electron chi connectivity index (χ0n) is 16.1. The van der Waals surface area contributed by atoms with Crippen LogP contribution in [0.3, 0.4) is 0 Å². The van der Waals surface area contributed by atoms with E-state index in [1.807, 2.05) is 31.2 Å². The molecular weight excluding hydrogens is 392 g/mol. The molecule has 0 amide bonds. The van der Waals surface area contributed by atoms with E-state index in [4.69, 9.17) is 9.26 Å². The Morgan fingerprint density at radius 2 is 2.17 bits per heavy atom. The van der Waals surface area contributed by atoms with Gasteiger partial charge in [0.25, 0.3) is 0 Å². The summed E-state index contributed by atoms with van der Waals surface area (Å²) in [5.74, 6) is 1.72. The van der Waals surface area contributed by atoms with Crippen LogP contribution in [0.15, 0.2) is 58.2 Å². The predicted molar refractivity (Wildman–Crippen MR) is 105 cm³/mol. The van der Waals surface area contributed by atoms with Gasteiger partial charge in [0.2, 0.25) is 15.9 Å². The molecule has 1 aliphatic heterocycles. The van der Waals surface area contributed by atoms with Gasteiger partial charge < -0.3 is 9.26 Å². The third-order valence-electron chi connectivity index (χ3n) is 4.84. The highest BCUT2D eigenvalue weighted by Gasteiger charge is 2.35. The third kappa shape index (κ3) is 4.46. The Hall–Kier alpha value is -2.78. The van der Waals surface area contributed by atoms with Crippen LogP contribution in [0.4, 0.5) is 0 Å². The lowest BCUT2D eigenvalue weighted by molar-refractivity contribution is 0.312. The van der Waals surface area contributed by atoms with Gasteiger partial charge in [-0.25, -0.2) is 8.42 Å². The topological polar surface area (TPSA) is 98.4 Å². The highest BCUT2D eigenvalue weighted by molar-refractivity contribution is 7.89. The zero-order valence-corrected chi connectivity index (χ0v) is 16.9. The van der Waals surface area contributed by atoms with Gasteiger partial charge in [0.1, 0.15) is 10.6 Å². The molecule has 8 nitrogen and oxygen atoms in total. The van der Waals surface area contributed by atoms with Gasteiger partial charge in [-0.2, -0.15) is 9.29 Å². The molecular formula is C20H22N4O4S. The largest absolute Gasteiger partial charge is 0.493 e. The smallest absolute Gasteiger partial charge is 0.244 e. The maximum atomic E-state index is 12.7. The van der Waals surface area contributed by atoms with Crippen molar-refractivity contribution in [1.82, 2.24) is 19.4 Å². The first-order valence-corrected chi connectivity index (χ1v) is 10.9. The lowest BCUT2D eigenvalue weighted by Gasteiger charge is -2.15. The van der Waals surface area contributed by atoms with Gasteiger partial charge in [0.15, 0.2) is 5.82 Å². The Labute approximate surface area is 169 Å².